The number of carbonyl (C=O) groups is 1. The second kappa shape index (κ2) is 5.95. The third-order valence-corrected chi connectivity index (χ3v) is 3.95. The van der Waals surface area contributed by atoms with Crippen molar-refractivity contribution in [1.82, 2.24) is 19.7 Å². The number of hydrogen-bond acceptors (Lipinski definition) is 3. The second-order valence-corrected chi connectivity index (χ2v) is 5.38. The van der Waals surface area contributed by atoms with Gasteiger partial charge in [-0.15, -0.1) is 0 Å². The molecule has 0 spiro atoms. The first-order chi connectivity index (χ1) is 10.2. The number of piperidine rings is 1. The van der Waals surface area contributed by atoms with Gasteiger partial charge in [0.05, 0.1) is 0 Å². The lowest BCUT2D eigenvalue weighted by Gasteiger charge is -2.31. The number of nitrogens with zero attached hydrogens (tertiary/aromatic N) is 3. The van der Waals surface area contributed by atoms with Crippen LogP contribution in [0.1, 0.15) is 23.2 Å². The van der Waals surface area contributed by atoms with Crippen LogP contribution in [-0.2, 0) is 6.54 Å². The number of pyridine rings is 1. The van der Waals surface area contributed by atoms with Gasteiger partial charge in [-0.05, 0) is 37.0 Å². The lowest BCUT2D eigenvalue weighted by atomic mass is 9.96. The second-order valence-electron chi connectivity index (χ2n) is 5.38. The predicted molar refractivity (Wildman–Crippen MR) is 77.9 cm³/mol. The highest BCUT2D eigenvalue weighted by Gasteiger charge is 2.25. The highest BCUT2D eigenvalue weighted by atomic mass is 16.2. The highest BCUT2D eigenvalue weighted by molar-refractivity contribution is 5.93. The van der Waals surface area contributed by atoms with E-state index in [4.69, 9.17) is 0 Å². The van der Waals surface area contributed by atoms with Gasteiger partial charge in [-0.25, -0.2) is 0 Å². The molecule has 0 aromatic carbocycles. The van der Waals surface area contributed by atoms with Gasteiger partial charge in [0.25, 0.3) is 11.5 Å². The van der Waals surface area contributed by atoms with Crippen LogP contribution in [0.2, 0.25) is 0 Å². The van der Waals surface area contributed by atoms with Crippen molar-refractivity contribution >= 4 is 5.91 Å². The molecule has 0 atom stereocenters. The van der Waals surface area contributed by atoms with Gasteiger partial charge in [0.1, 0.15) is 5.56 Å². The molecule has 3 heterocycles. The fourth-order valence-electron chi connectivity index (χ4n) is 2.75. The Labute approximate surface area is 122 Å². The third kappa shape index (κ3) is 3.04. The van der Waals surface area contributed by atoms with E-state index in [0.717, 1.165) is 19.4 Å². The number of carbonyl (C=O) groups excluding carboxylic acids is 1. The van der Waals surface area contributed by atoms with Gasteiger partial charge < -0.3 is 9.88 Å². The molecule has 21 heavy (non-hydrogen) atoms. The zero-order valence-electron chi connectivity index (χ0n) is 11.7. The van der Waals surface area contributed by atoms with Crippen LogP contribution in [0.3, 0.4) is 0 Å². The van der Waals surface area contributed by atoms with Gasteiger partial charge in [-0.2, -0.15) is 5.10 Å². The largest absolute Gasteiger partial charge is 0.338 e. The molecule has 0 radical (unpaired) electrons. The molecule has 1 saturated heterocycles. The topological polar surface area (TPSA) is 71.0 Å². The van der Waals surface area contributed by atoms with E-state index >= 15 is 0 Å². The van der Waals surface area contributed by atoms with Crippen LogP contribution < -0.4 is 5.56 Å². The van der Waals surface area contributed by atoms with Crippen molar-refractivity contribution in [3.8, 4) is 0 Å². The van der Waals surface area contributed by atoms with Gasteiger partial charge >= 0.3 is 0 Å². The SMILES string of the molecule is O=C(c1ccc[nH]c1=O)N1CCC(Cn2cccn2)CC1. The molecule has 6 nitrogen and oxygen atoms in total. The first-order valence-electron chi connectivity index (χ1n) is 7.18. The maximum atomic E-state index is 12.3. The van der Waals surface area contributed by atoms with E-state index in [9.17, 15) is 9.59 Å². The molecule has 0 saturated carbocycles. The molecular formula is C15H18N4O2. The van der Waals surface area contributed by atoms with E-state index in [1.54, 1.807) is 23.2 Å². The van der Waals surface area contributed by atoms with E-state index in [-0.39, 0.29) is 17.0 Å². The monoisotopic (exact) mass is 286 g/mol. The van der Waals surface area contributed by atoms with Gasteiger partial charge in [-0.1, -0.05) is 0 Å². The summed E-state index contributed by atoms with van der Waals surface area (Å²) < 4.78 is 1.93. The number of rotatable bonds is 3. The molecule has 3 rings (SSSR count). The summed E-state index contributed by atoms with van der Waals surface area (Å²) in [6, 6.07) is 5.18. The lowest BCUT2D eigenvalue weighted by Crippen LogP contribution is -2.41. The highest BCUT2D eigenvalue weighted by Crippen LogP contribution is 2.19. The van der Waals surface area contributed by atoms with E-state index in [1.807, 2.05) is 16.9 Å². The number of nitrogens with one attached hydrogen (secondary N) is 1. The number of aromatic amines is 1. The number of aromatic nitrogens is 3. The normalized spacial score (nSPS) is 16.1. The quantitative estimate of drug-likeness (QED) is 0.919. The number of hydrogen-bond donors (Lipinski definition) is 1. The van der Waals surface area contributed by atoms with Crippen LogP contribution in [-0.4, -0.2) is 38.7 Å². The minimum Gasteiger partial charge on any atom is -0.338 e. The summed E-state index contributed by atoms with van der Waals surface area (Å²) in [7, 11) is 0. The summed E-state index contributed by atoms with van der Waals surface area (Å²) in [4.78, 5) is 28.3. The number of amides is 1. The van der Waals surface area contributed by atoms with E-state index in [2.05, 4.69) is 10.1 Å². The van der Waals surface area contributed by atoms with E-state index < -0.39 is 0 Å². The predicted octanol–water partition coefficient (Wildman–Crippen LogP) is 1.12. The summed E-state index contributed by atoms with van der Waals surface area (Å²) in [5.74, 6) is 0.359. The molecule has 1 aliphatic rings. The third-order valence-electron chi connectivity index (χ3n) is 3.95. The number of H-pyrrole nitrogens is 1. The maximum Gasteiger partial charge on any atom is 0.260 e. The molecule has 0 bridgehead atoms. The van der Waals surface area contributed by atoms with Crippen LogP contribution in [0.5, 0.6) is 0 Å². The van der Waals surface area contributed by atoms with Gasteiger partial charge in [0.2, 0.25) is 0 Å². The zero-order valence-corrected chi connectivity index (χ0v) is 11.7. The summed E-state index contributed by atoms with van der Waals surface area (Å²) in [6.45, 7) is 2.28. The van der Waals surface area contributed by atoms with Crippen molar-refractivity contribution in [1.29, 1.82) is 0 Å². The van der Waals surface area contributed by atoms with Crippen LogP contribution in [0.15, 0.2) is 41.6 Å². The Balaban J connectivity index is 1.59. The summed E-state index contributed by atoms with van der Waals surface area (Å²) in [5.41, 5.74) is -0.0933. The molecule has 2 aromatic heterocycles. The molecule has 2 aromatic rings. The minimum atomic E-state index is -0.318. The van der Waals surface area contributed by atoms with Crippen molar-refractivity contribution < 1.29 is 4.79 Å². The van der Waals surface area contributed by atoms with Crippen molar-refractivity contribution in [2.45, 2.75) is 19.4 Å². The van der Waals surface area contributed by atoms with E-state index in [0.29, 0.717) is 19.0 Å². The summed E-state index contributed by atoms with van der Waals surface area (Å²) in [6.07, 6.45) is 7.16. The standard InChI is InChI=1S/C15H18N4O2/c20-14-13(3-1-6-16-14)15(21)18-9-4-12(5-10-18)11-19-8-2-7-17-19/h1-3,6-8,12H,4-5,9-11H2,(H,16,20). The Bertz CT molecular complexity index is 654. The molecule has 0 unspecified atom stereocenters. The average Bonchev–Trinajstić information content (AvgIpc) is 3.01. The van der Waals surface area contributed by atoms with E-state index in [1.165, 1.54) is 6.20 Å². The smallest absolute Gasteiger partial charge is 0.260 e. The Hall–Kier alpha value is -2.37. The van der Waals surface area contributed by atoms with Gasteiger partial charge in [0, 0.05) is 38.2 Å². The van der Waals surface area contributed by atoms with Crippen LogP contribution in [0.4, 0.5) is 0 Å². The van der Waals surface area contributed by atoms with Gasteiger partial charge in [-0.3, -0.25) is 14.3 Å². The van der Waals surface area contributed by atoms with Gasteiger partial charge in [0.15, 0.2) is 0 Å². The lowest BCUT2D eigenvalue weighted by molar-refractivity contribution is 0.0679. The maximum absolute atomic E-state index is 12.3. The average molecular weight is 286 g/mol. The summed E-state index contributed by atoms with van der Waals surface area (Å²) in [5, 5.41) is 4.21. The van der Waals surface area contributed by atoms with Crippen LogP contribution in [0.25, 0.3) is 0 Å². The van der Waals surface area contributed by atoms with Crippen molar-refractivity contribution in [2.75, 3.05) is 13.1 Å². The molecule has 6 heteroatoms. The van der Waals surface area contributed by atoms with Crippen LogP contribution in [0, 0.1) is 5.92 Å². The fourth-order valence-corrected chi connectivity index (χ4v) is 2.75. The molecule has 1 fully saturated rings. The first-order valence-corrected chi connectivity index (χ1v) is 7.18. The fraction of sp³-hybridized carbons (Fsp3) is 0.400. The molecule has 110 valence electrons. The van der Waals surface area contributed by atoms with Crippen molar-refractivity contribution in [2.24, 2.45) is 5.92 Å². The zero-order chi connectivity index (χ0) is 14.7. The Morgan fingerprint density at radius 3 is 2.81 bits per heavy atom. The van der Waals surface area contributed by atoms with Crippen molar-refractivity contribution in [3.05, 3.63) is 52.7 Å². The molecule has 0 aliphatic carbocycles. The molecule has 1 aliphatic heterocycles. The van der Waals surface area contributed by atoms with Crippen LogP contribution >= 0.6 is 0 Å². The number of likely N-dealkylation sites (tertiary alicyclic amines) is 1. The van der Waals surface area contributed by atoms with Crippen molar-refractivity contribution in [3.63, 3.8) is 0 Å². The molecule has 1 amide bonds. The molecule has 1 N–H and O–H groups in total. The summed E-state index contributed by atoms with van der Waals surface area (Å²) >= 11 is 0. The Morgan fingerprint density at radius 2 is 2.14 bits per heavy atom. The molecular weight excluding hydrogens is 268 g/mol. The minimum absolute atomic E-state index is 0.172. The first kappa shape index (κ1) is 13.6. The Morgan fingerprint density at radius 1 is 1.33 bits per heavy atom. The Kier molecular flexibility index (Phi) is 3.85.